The van der Waals surface area contributed by atoms with E-state index in [1.165, 1.54) is 0 Å². The zero-order valence-corrected chi connectivity index (χ0v) is 17.1. The van der Waals surface area contributed by atoms with Crippen LogP contribution in [-0.4, -0.2) is 47.3 Å². The number of aldehydes is 1. The molecule has 4 rings (SSSR count). The fourth-order valence-electron chi connectivity index (χ4n) is 4.26. The summed E-state index contributed by atoms with van der Waals surface area (Å²) in [6, 6.07) is 15.3. The molecule has 0 atom stereocenters. The molecule has 0 aliphatic carbocycles. The first kappa shape index (κ1) is 20.4. The number of piperidine rings is 1. The van der Waals surface area contributed by atoms with Crippen molar-refractivity contribution in [2.75, 3.05) is 19.6 Å². The van der Waals surface area contributed by atoms with Gasteiger partial charge in [-0.15, -0.1) is 0 Å². The van der Waals surface area contributed by atoms with E-state index in [0.29, 0.717) is 31.6 Å². The van der Waals surface area contributed by atoms with Gasteiger partial charge >= 0.3 is 0 Å². The summed E-state index contributed by atoms with van der Waals surface area (Å²) in [5.74, 6) is -0.444. The lowest BCUT2D eigenvalue weighted by molar-refractivity contribution is -0.108. The van der Waals surface area contributed by atoms with Gasteiger partial charge in [-0.25, -0.2) is 4.39 Å². The smallest absolute Gasteiger partial charge is 0.200 e. The number of halogens is 1. The van der Waals surface area contributed by atoms with Crippen molar-refractivity contribution in [1.82, 2.24) is 9.88 Å². The lowest BCUT2D eigenvalue weighted by atomic mass is 9.85. The van der Waals surface area contributed by atoms with Gasteiger partial charge in [0.2, 0.25) is 0 Å². The molecule has 154 valence electrons. The number of fused-ring (bicyclic) bond motifs is 1. The van der Waals surface area contributed by atoms with Gasteiger partial charge in [0, 0.05) is 56.0 Å². The first-order chi connectivity index (χ1) is 14.5. The van der Waals surface area contributed by atoms with Crippen molar-refractivity contribution < 1.29 is 14.0 Å². The monoisotopic (exact) mass is 404 g/mol. The Morgan fingerprint density at radius 2 is 1.87 bits per heavy atom. The van der Waals surface area contributed by atoms with Crippen LogP contribution < -0.4 is 0 Å². The van der Waals surface area contributed by atoms with Crippen LogP contribution in [0.2, 0.25) is 0 Å². The Balaban J connectivity index is 1.52. The van der Waals surface area contributed by atoms with Gasteiger partial charge in [-0.3, -0.25) is 9.78 Å². The van der Waals surface area contributed by atoms with E-state index in [1.807, 2.05) is 42.2 Å². The summed E-state index contributed by atoms with van der Waals surface area (Å²) >= 11 is 0. The highest BCUT2D eigenvalue weighted by molar-refractivity contribution is 6.03. The number of benzene rings is 2. The predicted octanol–water partition coefficient (Wildman–Crippen LogP) is 4.79. The molecular formula is C25H25FN2O2. The van der Waals surface area contributed by atoms with E-state index in [9.17, 15) is 9.59 Å². The first-order valence-electron chi connectivity index (χ1n) is 10.4. The molecular weight excluding hydrogens is 379 g/mol. The van der Waals surface area contributed by atoms with Crippen molar-refractivity contribution in [2.45, 2.75) is 31.9 Å². The molecule has 1 aromatic heterocycles. The number of rotatable bonds is 6. The van der Waals surface area contributed by atoms with Crippen LogP contribution in [0.25, 0.3) is 22.0 Å². The fourth-order valence-corrected chi connectivity index (χ4v) is 4.26. The Hall–Kier alpha value is -2.92. The van der Waals surface area contributed by atoms with Gasteiger partial charge in [0.05, 0.1) is 5.52 Å². The Morgan fingerprint density at radius 1 is 1.13 bits per heavy atom. The average Bonchev–Trinajstić information content (AvgIpc) is 2.79. The number of Topliss-reactive ketones (excluding diaryl/α,β-unsaturated/α-hetero) is 1. The summed E-state index contributed by atoms with van der Waals surface area (Å²) in [5, 5.41) is 1.09. The average molecular weight is 404 g/mol. The van der Waals surface area contributed by atoms with Gasteiger partial charge in [-0.1, -0.05) is 42.5 Å². The first-order valence-corrected chi connectivity index (χ1v) is 10.4. The van der Waals surface area contributed by atoms with Crippen molar-refractivity contribution in [1.29, 1.82) is 0 Å². The zero-order valence-electron chi connectivity index (χ0n) is 17.1. The molecule has 30 heavy (non-hydrogen) atoms. The molecule has 1 fully saturated rings. The van der Waals surface area contributed by atoms with Crippen LogP contribution in [0.15, 0.2) is 54.7 Å². The molecule has 0 radical (unpaired) electrons. The summed E-state index contributed by atoms with van der Waals surface area (Å²) in [6.45, 7) is 3.66. The Morgan fingerprint density at radius 3 is 2.57 bits per heavy atom. The number of ketones is 1. The van der Waals surface area contributed by atoms with Gasteiger partial charge < -0.3 is 9.69 Å². The maximum atomic E-state index is 15.4. The Kier molecular flexibility index (Phi) is 5.73. The van der Waals surface area contributed by atoms with E-state index in [1.54, 1.807) is 18.3 Å². The Bertz CT molecular complexity index is 1070. The SMILES string of the molecule is Cc1c(-c2ccc(C(=O)C3(F)CCN(CCC=O)CC3)cc2)ccc2cccnc12. The van der Waals surface area contributed by atoms with Gasteiger partial charge in [0.1, 0.15) is 6.29 Å². The third-order valence-corrected chi connectivity index (χ3v) is 6.10. The maximum Gasteiger partial charge on any atom is 0.200 e. The number of carbonyl (C=O) groups is 2. The van der Waals surface area contributed by atoms with Crippen LogP contribution in [-0.2, 0) is 4.79 Å². The van der Waals surface area contributed by atoms with E-state index in [0.717, 1.165) is 33.9 Å². The molecule has 0 unspecified atom stereocenters. The van der Waals surface area contributed by atoms with Gasteiger partial charge in [0.25, 0.3) is 0 Å². The van der Waals surface area contributed by atoms with E-state index < -0.39 is 11.5 Å². The lowest BCUT2D eigenvalue weighted by Gasteiger charge is -2.35. The lowest BCUT2D eigenvalue weighted by Crippen LogP contribution is -2.46. The molecule has 0 spiro atoms. The molecule has 2 aromatic carbocycles. The molecule has 1 saturated heterocycles. The zero-order chi connectivity index (χ0) is 21.1. The summed E-state index contributed by atoms with van der Waals surface area (Å²) in [4.78, 5) is 29.9. The second kappa shape index (κ2) is 8.44. The van der Waals surface area contributed by atoms with Gasteiger partial charge in [0.15, 0.2) is 11.5 Å². The molecule has 1 aliphatic rings. The second-order valence-electron chi connectivity index (χ2n) is 7.98. The summed E-state index contributed by atoms with van der Waals surface area (Å²) in [7, 11) is 0. The minimum Gasteiger partial charge on any atom is -0.303 e. The number of nitrogens with zero attached hydrogens (tertiary/aromatic N) is 2. The highest BCUT2D eigenvalue weighted by Gasteiger charge is 2.41. The number of alkyl halides is 1. The van der Waals surface area contributed by atoms with Crippen LogP contribution in [0.3, 0.4) is 0 Å². The number of hydrogen-bond donors (Lipinski definition) is 0. The highest BCUT2D eigenvalue weighted by Crippen LogP contribution is 2.32. The minimum atomic E-state index is -1.83. The van der Waals surface area contributed by atoms with Crippen molar-refractivity contribution in [3.8, 4) is 11.1 Å². The maximum absolute atomic E-state index is 15.4. The number of carbonyl (C=O) groups excluding carboxylic acids is 2. The van der Waals surface area contributed by atoms with Crippen molar-refractivity contribution in [2.24, 2.45) is 0 Å². The van der Waals surface area contributed by atoms with Crippen LogP contribution in [0.1, 0.15) is 35.2 Å². The molecule has 0 N–H and O–H groups in total. The molecule has 0 amide bonds. The number of likely N-dealkylation sites (tertiary alicyclic amines) is 1. The summed E-state index contributed by atoms with van der Waals surface area (Å²) < 4.78 is 15.4. The van der Waals surface area contributed by atoms with Crippen molar-refractivity contribution >= 4 is 23.0 Å². The van der Waals surface area contributed by atoms with Crippen molar-refractivity contribution in [3.63, 3.8) is 0 Å². The molecule has 4 nitrogen and oxygen atoms in total. The van der Waals surface area contributed by atoms with E-state index in [4.69, 9.17) is 0 Å². The topological polar surface area (TPSA) is 50.3 Å². The molecule has 0 bridgehead atoms. The third-order valence-electron chi connectivity index (χ3n) is 6.10. The fraction of sp³-hybridized carbons (Fsp3) is 0.320. The van der Waals surface area contributed by atoms with Gasteiger partial charge in [-0.2, -0.15) is 0 Å². The van der Waals surface area contributed by atoms with Crippen LogP contribution in [0.4, 0.5) is 4.39 Å². The van der Waals surface area contributed by atoms with Crippen LogP contribution in [0.5, 0.6) is 0 Å². The number of hydrogen-bond acceptors (Lipinski definition) is 4. The highest BCUT2D eigenvalue weighted by atomic mass is 19.1. The van der Waals surface area contributed by atoms with Crippen molar-refractivity contribution in [3.05, 3.63) is 65.9 Å². The molecule has 0 saturated carbocycles. The molecule has 1 aliphatic heterocycles. The van der Waals surface area contributed by atoms with Crippen LogP contribution >= 0.6 is 0 Å². The quantitative estimate of drug-likeness (QED) is 0.438. The number of aryl methyl sites for hydroxylation is 1. The van der Waals surface area contributed by atoms with E-state index >= 15 is 4.39 Å². The second-order valence-corrected chi connectivity index (χ2v) is 7.98. The molecule has 5 heteroatoms. The molecule has 2 heterocycles. The number of aromatic nitrogens is 1. The number of pyridine rings is 1. The minimum absolute atomic E-state index is 0.169. The standard InChI is InChI=1S/C25H25FN2O2/c1-18-22(10-9-20-4-2-13-27-23(18)20)19-5-7-21(8-6-19)24(30)25(26)11-15-28(16-12-25)14-3-17-29/h2,4-10,13,17H,3,11-12,14-16H2,1H3. The van der Waals surface area contributed by atoms with Crippen LogP contribution in [0, 0.1) is 6.92 Å². The van der Waals surface area contributed by atoms with E-state index in [2.05, 4.69) is 11.1 Å². The van der Waals surface area contributed by atoms with Gasteiger partial charge in [-0.05, 0) is 29.7 Å². The third kappa shape index (κ3) is 3.90. The predicted molar refractivity (Wildman–Crippen MR) is 116 cm³/mol. The van der Waals surface area contributed by atoms with E-state index in [-0.39, 0.29) is 12.8 Å². The summed E-state index contributed by atoms with van der Waals surface area (Å²) in [6.07, 6.45) is 3.44. The molecule has 3 aromatic rings. The Labute approximate surface area is 175 Å². The normalized spacial score (nSPS) is 16.5. The largest absolute Gasteiger partial charge is 0.303 e. The summed E-state index contributed by atoms with van der Waals surface area (Å²) in [5.41, 5.74) is 2.64.